The molecule has 0 atom stereocenters. The second-order valence-corrected chi connectivity index (χ2v) is 6.16. The summed E-state index contributed by atoms with van der Waals surface area (Å²) in [6.07, 6.45) is 2.15. The fraction of sp³-hybridized carbons (Fsp3) is 0.150. The second-order valence-electron chi connectivity index (χ2n) is 5.72. The van der Waals surface area contributed by atoms with Gasteiger partial charge in [-0.15, -0.1) is 0 Å². The first-order valence-electron chi connectivity index (χ1n) is 8.42. The number of carbonyl (C=O) groups excluding carboxylic acids is 1. The van der Waals surface area contributed by atoms with Crippen molar-refractivity contribution in [1.29, 1.82) is 0 Å². The predicted octanol–water partition coefficient (Wildman–Crippen LogP) is 4.70. The van der Waals surface area contributed by atoms with Crippen LogP contribution in [0, 0.1) is 0 Å². The Hall–Kier alpha value is -3.12. The van der Waals surface area contributed by atoms with Crippen molar-refractivity contribution in [1.82, 2.24) is 9.97 Å². The molecule has 0 unspecified atom stereocenters. The van der Waals surface area contributed by atoms with Crippen molar-refractivity contribution in [2.24, 2.45) is 0 Å². The van der Waals surface area contributed by atoms with Crippen molar-refractivity contribution < 1.29 is 9.53 Å². The third-order valence-electron chi connectivity index (χ3n) is 3.97. The molecular weight excluding hydrogens is 364 g/mol. The average Bonchev–Trinajstić information content (AvgIpc) is 2.69. The predicted molar refractivity (Wildman–Crippen MR) is 107 cm³/mol. The Labute approximate surface area is 162 Å². The van der Waals surface area contributed by atoms with Gasteiger partial charge < -0.3 is 15.4 Å². The molecule has 6 nitrogen and oxygen atoms in total. The summed E-state index contributed by atoms with van der Waals surface area (Å²) in [7, 11) is 1.57. The zero-order valence-electron chi connectivity index (χ0n) is 15.0. The lowest BCUT2D eigenvalue weighted by Crippen LogP contribution is -2.15. The van der Waals surface area contributed by atoms with Crippen LogP contribution in [-0.4, -0.2) is 23.0 Å². The molecule has 1 amide bonds. The van der Waals surface area contributed by atoms with E-state index in [-0.39, 0.29) is 11.6 Å². The molecule has 0 fully saturated rings. The molecule has 0 aliphatic carbocycles. The summed E-state index contributed by atoms with van der Waals surface area (Å²) >= 11 is 6.05. The van der Waals surface area contributed by atoms with Crippen LogP contribution in [0.25, 0.3) is 0 Å². The van der Waals surface area contributed by atoms with Crippen molar-refractivity contribution >= 4 is 34.7 Å². The van der Waals surface area contributed by atoms with Gasteiger partial charge in [0, 0.05) is 16.8 Å². The first-order chi connectivity index (χ1) is 13.1. The number of aromatic nitrogens is 2. The van der Waals surface area contributed by atoms with Gasteiger partial charge in [-0.25, -0.2) is 9.97 Å². The van der Waals surface area contributed by atoms with E-state index in [1.807, 2.05) is 31.2 Å². The van der Waals surface area contributed by atoms with Crippen LogP contribution in [0.2, 0.25) is 5.02 Å². The van der Waals surface area contributed by atoms with Crippen molar-refractivity contribution in [3.8, 4) is 5.75 Å². The Bertz CT molecular complexity index is 962. The lowest BCUT2D eigenvalue weighted by atomic mass is 10.1. The standard InChI is InChI=1S/C20H19ClN4O2/c1-3-13-6-4-5-7-15(13)25-20(26)17-11-19(23-12-22-17)24-16-10-14(21)8-9-18(16)27-2/h4-12H,3H2,1-2H3,(H,25,26)(H,22,23,24). The smallest absolute Gasteiger partial charge is 0.274 e. The number of aryl methyl sites for hydroxylation is 1. The highest BCUT2D eigenvalue weighted by molar-refractivity contribution is 6.31. The van der Waals surface area contributed by atoms with E-state index in [2.05, 4.69) is 20.6 Å². The molecule has 138 valence electrons. The van der Waals surface area contributed by atoms with Gasteiger partial charge in [-0.05, 0) is 36.2 Å². The van der Waals surface area contributed by atoms with Gasteiger partial charge in [-0.3, -0.25) is 4.79 Å². The summed E-state index contributed by atoms with van der Waals surface area (Å²) in [5, 5.41) is 6.56. The Balaban J connectivity index is 1.81. The van der Waals surface area contributed by atoms with Crippen molar-refractivity contribution in [3.05, 3.63) is 71.1 Å². The van der Waals surface area contributed by atoms with Crippen LogP contribution < -0.4 is 15.4 Å². The molecule has 0 spiro atoms. The minimum absolute atomic E-state index is 0.249. The molecule has 0 aliphatic rings. The number of benzene rings is 2. The topological polar surface area (TPSA) is 76.1 Å². The molecule has 0 bridgehead atoms. The quantitative estimate of drug-likeness (QED) is 0.646. The number of carbonyl (C=O) groups is 1. The van der Waals surface area contributed by atoms with Crippen LogP contribution in [0.5, 0.6) is 5.75 Å². The van der Waals surface area contributed by atoms with Gasteiger partial charge in [-0.2, -0.15) is 0 Å². The lowest BCUT2D eigenvalue weighted by Gasteiger charge is -2.12. The molecule has 3 rings (SSSR count). The number of methoxy groups -OCH3 is 1. The summed E-state index contributed by atoms with van der Waals surface area (Å²) < 4.78 is 5.31. The van der Waals surface area contributed by atoms with Gasteiger partial charge in [0.25, 0.3) is 5.91 Å². The van der Waals surface area contributed by atoms with E-state index >= 15 is 0 Å². The van der Waals surface area contributed by atoms with E-state index in [4.69, 9.17) is 16.3 Å². The van der Waals surface area contributed by atoms with Gasteiger partial charge in [-0.1, -0.05) is 36.7 Å². The minimum Gasteiger partial charge on any atom is -0.495 e. The Kier molecular flexibility index (Phi) is 5.88. The maximum atomic E-state index is 12.6. The van der Waals surface area contributed by atoms with Gasteiger partial charge in [0.05, 0.1) is 12.8 Å². The Morgan fingerprint density at radius 3 is 2.70 bits per heavy atom. The highest BCUT2D eigenvalue weighted by atomic mass is 35.5. The first-order valence-corrected chi connectivity index (χ1v) is 8.80. The number of rotatable bonds is 6. The number of hydrogen-bond acceptors (Lipinski definition) is 5. The van der Waals surface area contributed by atoms with E-state index in [1.54, 1.807) is 31.4 Å². The van der Waals surface area contributed by atoms with Crippen LogP contribution in [-0.2, 0) is 6.42 Å². The maximum absolute atomic E-state index is 12.6. The fourth-order valence-electron chi connectivity index (χ4n) is 2.60. The number of para-hydroxylation sites is 1. The van der Waals surface area contributed by atoms with Crippen LogP contribution in [0.3, 0.4) is 0 Å². The molecule has 2 N–H and O–H groups in total. The van der Waals surface area contributed by atoms with Crippen molar-refractivity contribution in [2.45, 2.75) is 13.3 Å². The summed E-state index contributed by atoms with van der Waals surface area (Å²) in [5.41, 5.74) is 2.72. The van der Waals surface area contributed by atoms with Gasteiger partial charge in [0.1, 0.15) is 23.6 Å². The van der Waals surface area contributed by atoms with Crippen LogP contribution in [0.4, 0.5) is 17.2 Å². The zero-order valence-corrected chi connectivity index (χ0v) is 15.7. The van der Waals surface area contributed by atoms with Crippen molar-refractivity contribution in [3.63, 3.8) is 0 Å². The molecule has 3 aromatic rings. The molecular formula is C20H19ClN4O2. The molecule has 2 aromatic carbocycles. The third-order valence-corrected chi connectivity index (χ3v) is 4.21. The fourth-order valence-corrected chi connectivity index (χ4v) is 2.77. The SMILES string of the molecule is CCc1ccccc1NC(=O)c1cc(Nc2cc(Cl)ccc2OC)ncn1. The summed E-state index contributed by atoms with van der Waals surface area (Å²) in [4.78, 5) is 20.8. The van der Waals surface area contributed by atoms with Crippen LogP contribution in [0.1, 0.15) is 23.0 Å². The van der Waals surface area contributed by atoms with E-state index in [0.29, 0.717) is 22.3 Å². The summed E-state index contributed by atoms with van der Waals surface area (Å²) in [6.45, 7) is 2.04. The molecule has 0 radical (unpaired) electrons. The van der Waals surface area contributed by atoms with Crippen molar-refractivity contribution in [2.75, 3.05) is 17.7 Å². The minimum atomic E-state index is -0.306. The molecule has 0 saturated heterocycles. The second kappa shape index (κ2) is 8.51. The number of ether oxygens (including phenoxy) is 1. The molecule has 7 heteroatoms. The summed E-state index contributed by atoms with van der Waals surface area (Å²) in [6, 6.07) is 14.5. The number of anilines is 3. The highest BCUT2D eigenvalue weighted by Crippen LogP contribution is 2.30. The number of hydrogen-bond donors (Lipinski definition) is 2. The maximum Gasteiger partial charge on any atom is 0.274 e. The number of nitrogens with zero attached hydrogens (tertiary/aromatic N) is 2. The van der Waals surface area contributed by atoms with Gasteiger partial charge in [0.15, 0.2) is 0 Å². The molecule has 27 heavy (non-hydrogen) atoms. The van der Waals surface area contributed by atoms with Crippen LogP contribution >= 0.6 is 11.6 Å². The largest absolute Gasteiger partial charge is 0.495 e. The highest BCUT2D eigenvalue weighted by Gasteiger charge is 2.12. The zero-order chi connectivity index (χ0) is 19.2. The Morgan fingerprint density at radius 2 is 1.93 bits per heavy atom. The third kappa shape index (κ3) is 4.54. The number of nitrogens with one attached hydrogen (secondary N) is 2. The first kappa shape index (κ1) is 18.7. The van der Waals surface area contributed by atoms with E-state index in [0.717, 1.165) is 17.7 Å². The van der Waals surface area contributed by atoms with Gasteiger partial charge in [0.2, 0.25) is 0 Å². The summed E-state index contributed by atoms with van der Waals surface area (Å²) in [5.74, 6) is 0.764. The van der Waals surface area contributed by atoms with E-state index < -0.39 is 0 Å². The molecule has 0 aliphatic heterocycles. The van der Waals surface area contributed by atoms with E-state index in [9.17, 15) is 4.79 Å². The van der Waals surface area contributed by atoms with Gasteiger partial charge >= 0.3 is 0 Å². The monoisotopic (exact) mass is 382 g/mol. The van der Waals surface area contributed by atoms with Crippen LogP contribution in [0.15, 0.2) is 54.9 Å². The Morgan fingerprint density at radius 1 is 1.11 bits per heavy atom. The average molecular weight is 383 g/mol. The normalized spacial score (nSPS) is 10.3. The number of halogens is 1. The molecule has 0 saturated carbocycles. The molecule has 1 aromatic heterocycles. The van der Waals surface area contributed by atoms with E-state index in [1.165, 1.54) is 6.33 Å². The molecule has 1 heterocycles. The lowest BCUT2D eigenvalue weighted by molar-refractivity contribution is 0.102. The number of amides is 1.